The van der Waals surface area contributed by atoms with Crippen molar-refractivity contribution in [1.82, 2.24) is 0 Å². The largest absolute Gasteiger partial charge is 0.394 e. The molecule has 4 nitrogen and oxygen atoms in total. The minimum absolute atomic E-state index is 0.0860. The van der Waals surface area contributed by atoms with Gasteiger partial charge in [0.1, 0.15) is 5.84 Å². The van der Waals surface area contributed by atoms with Crippen molar-refractivity contribution in [2.45, 2.75) is 25.3 Å². The molecule has 1 fully saturated rings. The fourth-order valence-corrected chi connectivity index (χ4v) is 2.46. The Hall–Kier alpha value is -1.55. The van der Waals surface area contributed by atoms with Crippen LogP contribution >= 0.6 is 0 Å². The Bertz CT molecular complexity index is 405. The maximum absolute atomic E-state index is 9.43. The molecule has 92 valence electrons. The average molecular weight is 233 g/mol. The van der Waals surface area contributed by atoms with Gasteiger partial charge in [0.05, 0.1) is 12.6 Å². The van der Waals surface area contributed by atoms with Crippen LogP contribution in [0.4, 0.5) is 5.69 Å². The van der Waals surface area contributed by atoms with Crippen LogP contribution < -0.4 is 10.6 Å². The summed E-state index contributed by atoms with van der Waals surface area (Å²) < 4.78 is 0. The Labute approximate surface area is 102 Å². The first-order valence-corrected chi connectivity index (χ1v) is 6.05. The summed E-state index contributed by atoms with van der Waals surface area (Å²) in [5, 5.41) is 17.0. The lowest BCUT2D eigenvalue weighted by atomic mass is 10.00. The molecule has 1 aromatic carbocycles. The van der Waals surface area contributed by atoms with E-state index in [1.807, 2.05) is 24.3 Å². The highest BCUT2D eigenvalue weighted by atomic mass is 16.3. The molecule has 4 heteroatoms. The van der Waals surface area contributed by atoms with Gasteiger partial charge in [-0.3, -0.25) is 5.41 Å². The van der Waals surface area contributed by atoms with Crippen LogP contribution in [0.15, 0.2) is 24.3 Å². The third-order valence-electron chi connectivity index (χ3n) is 3.34. The van der Waals surface area contributed by atoms with Gasteiger partial charge in [-0.25, -0.2) is 0 Å². The van der Waals surface area contributed by atoms with E-state index < -0.39 is 0 Å². The summed E-state index contributed by atoms with van der Waals surface area (Å²) in [4.78, 5) is 2.18. The maximum Gasteiger partial charge on any atom is 0.124 e. The molecule has 1 aliphatic heterocycles. The molecule has 0 radical (unpaired) electrons. The van der Waals surface area contributed by atoms with E-state index in [0.29, 0.717) is 0 Å². The van der Waals surface area contributed by atoms with E-state index in [-0.39, 0.29) is 18.5 Å². The van der Waals surface area contributed by atoms with Gasteiger partial charge in [0.2, 0.25) is 0 Å². The summed E-state index contributed by atoms with van der Waals surface area (Å²) in [6.07, 6.45) is 3.29. The van der Waals surface area contributed by atoms with Gasteiger partial charge in [-0.2, -0.15) is 0 Å². The Morgan fingerprint density at radius 3 is 2.88 bits per heavy atom. The predicted octanol–water partition coefficient (Wildman–Crippen LogP) is 1.32. The second-order valence-electron chi connectivity index (χ2n) is 4.46. The van der Waals surface area contributed by atoms with Crippen molar-refractivity contribution >= 4 is 11.5 Å². The first kappa shape index (κ1) is 11.9. The second-order valence-corrected chi connectivity index (χ2v) is 4.46. The van der Waals surface area contributed by atoms with Gasteiger partial charge in [0, 0.05) is 17.8 Å². The number of hydrogen-bond acceptors (Lipinski definition) is 3. The number of nitrogens with one attached hydrogen (secondary N) is 1. The molecule has 0 spiro atoms. The standard InChI is InChI=1S/C13H19N3O/c14-13(15)11-6-1-2-7-12(11)16-8-4-3-5-10(16)9-17/h1-2,6-7,10,17H,3-5,8-9H2,(H3,14,15). The van der Waals surface area contributed by atoms with Crippen LogP contribution in [0, 0.1) is 5.41 Å². The number of benzene rings is 1. The number of hydrogen-bond donors (Lipinski definition) is 3. The van der Waals surface area contributed by atoms with Gasteiger partial charge in [-0.15, -0.1) is 0 Å². The first-order valence-electron chi connectivity index (χ1n) is 6.05. The topological polar surface area (TPSA) is 73.3 Å². The number of anilines is 1. The third kappa shape index (κ3) is 2.42. The van der Waals surface area contributed by atoms with Gasteiger partial charge in [0.15, 0.2) is 0 Å². The van der Waals surface area contributed by atoms with E-state index in [1.165, 1.54) is 0 Å². The molecule has 0 amide bonds. The molecule has 0 saturated carbocycles. The van der Waals surface area contributed by atoms with Crippen LogP contribution in [0.3, 0.4) is 0 Å². The summed E-state index contributed by atoms with van der Waals surface area (Å²) in [6, 6.07) is 7.83. The molecule has 4 N–H and O–H groups in total. The number of amidine groups is 1. The molecule has 17 heavy (non-hydrogen) atoms. The summed E-state index contributed by atoms with van der Waals surface area (Å²) >= 11 is 0. The minimum Gasteiger partial charge on any atom is -0.394 e. The Morgan fingerprint density at radius 1 is 1.41 bits per heavy atom. The zero-order valence-electron chi connectivity index (χ0n) is 9.89. The van der Waals surface area contributed by atoms with Gasteiger partial charge in [0.25, 0.3) is 0 Å². The van der Waals surface area contributed by atoms with E-state index in [4.69, 9.17) is 11.1 Å². The number of aliphatic hydroxyl groups is 1. The van der Waals surface area contributed by atoms with Gasteiger partial charge < -0.3 is 15.7 Å². The van der Waals surface area contributed by atoms with Crippen LogP contribution in [0.5, 0.6) is 0 Å². The van der Waals surface area contributed by atoms with E-state index in [0.717, 1.165) is 37.1 Å². The van der Waals surface area contributed by atoms with Crippen molar-refractivity contribution in [2.75, 3.05) is 18.1 Å². The van der Waals surface area contributed by atoms with Crippen LogP contribution in [0.2, 0.25) is 0 Å². The quantitative estimate of drug-likeness (QED) is 0.544. The third-order valence-corrected chi connectivity index (χ3v) is 3.34. The van der Waals surface area contributed by atoms with Crippen LogP contribution in [-0.4, -0.2) is 30.1 Å². The van der Waals surface area contributed by atoms with Gasteiger partial charge >= 0.3 is 0 Å². The van der Waals surface area contributed by atoms with Crippen molar-refractivity contribution in [3.63, 3.8) is 0 Å². The van der Waals surface area contributed by atoms with E-state index in [2.05, 4.69) is 4.90 Å². The maximum atomic E-state index is 9.43. The number of piperidine rings is 1. The van der Waals surface area contributed by atoms with E-state index in [1.54, 1.807) is 0 Å². The summed E-state index contributed by atoms with van der Waals surface area (Å²) in [5.41, 5.74) is 7.33. The molecular formula is C13H19N3O. The fourth-order valence-electron chi connectivity index (χ4n) is 2.46. The summed E-state index contributed by atoms with van der Waals surface area (Å²) in [5.74, 6) is 0.0860. The first-order chi connectivity index (χ1) is 8.24. The van der Waals surface area contributed by atoms with Crippen LogP contribution in [0.25, 0.3) is 0 Å². The lowest BCUT2D eigenvalue weighted by Gasteiger charge is -2.37. The molecule has 1 atom stereocenters. The highest BCUT2D eigenvalue weighted by Crippen LogP contribution is 2.27. The van der Waals surface area contributed by atoms with Crippen LogP contribution in [-0.2, 0) is 0 Å². The molecule has 1 aromatic rings. The molecule has 1 saturated heterocycles. The van der Waals surface area contributed by atoms with E-state index >= 15 is 0 Å². The Balaban J connectivity index is 2.34. The van der Waals surface area contributed by atoms with Gasteiger partial charge in [-0.05, 0) is 31.4 Å². The smallest absolute Gasteiger partial charge is 0.124 e. The zero-order valence-corrected chi connectivity index (χ0v) is 9.89. The minimum atomic E-state index is 0.0860. The molecule has 0 aromatic heterocycles. The normalized spacial score (nSPS) is 20.3. The van der Waals surface area contributed by atoms with Crippen molar-refractivity contribution in [2.24, 2.45) is 5.73 Å². The van der Waals surface area contributed by atoms with Crippen molar-refractivity contribution in [1.29, 1.82) is 5.41 Å². The number of para-hydroxylation sites is 1. The second kappa shape index (κ2) is 5.19. The van der Waals surface area contributed by atoms with E-state index in [9.17, 15) is 5.11 Å². The number of nitrogens with two attached hydrogens (primary N) is 1. The monoisotopic (exact) mass is 233 g/mol. The number of aliphatic hydroxyl groups excluding tert-OH is 1. The molecule has 0 aliphatic carbocycles. The SMILES string of the molecule is N=C(N)c1ccccc1N1CCCCC1CO. The summed E-state index contributed by atoms with van der Waals surface area (Å²) in [6.45, 7) is 1.09. The van der Waals surface area contributed by atoms with Crippen molar-refractivity contribution in [3.05, 3.63) is 29.8 Å². The lowest BCUT2D eigenvalue weighted by molar-refractivity contribution is 0.240. The molecule has 2 rings (SSSR count). The number of nitrogen functional groups attached to an aromatic ring is 1. The fraction of sp³-hybridized carbons (Fsp3) is 0.462. The van der Waals surface area contributed by atoms with Crippen molar-refractivity contribution in [3.8, 4) is 0 Å². The van der Waals surface area contributed by atoms with Crippen LogP contribution in [0.1, 0.15) is 24.8 Å². The molecule has 1 aliphatic rings. The average Bonchev–Trinajstić information content (AvgIpc) is 2.38. The van der Waals surface area contributed by atoms with Crippen molar-refractivity contribution < 1.29 is 5.11 Å². The number of nitrogens with zero attached hydrogens (tertiary/aromatic N) is 1. The highest BCUT2D eigenvalue weighted by Gasteiger charge is 2.23. The highest BCUT2D eigenvalue weighted by molar-refractivity contribution is 6.00. The molecule has 1 heterocycles. The number of rotatable bonds is 3. The van der Waals surface area contributed by atoms with Gasteiger partial charge in [-0.1, -0.05) is 12.1 Å². The molecule has 1 unspecified atom stereocenters. The Kier molecular flexibility index (Phi) is 3.64. The zero-order chi connectivity index (χ0) is 12.3. The molecule has 0 bridgehead atoms. The summed E-state index contributed by atoms with van der Waals surface area (Å²) in [7, 11) is 0. The Morgan fingerprint density at radius 2 is 2.18 bits per heavy atom. The lowest BCUT2D eigenvalue weighted by Crippen LogP contribution is -2.42. The predicted molar refractivity (Wildman–Crippen MR) is 69.5 cm³/mol. The molecular weight excluding hydrogens is 214 g/mol.